The van der Waals surface area contributed by atoms with E-state index in [4.69, 9.17) is 15.2 Å². The zero-order valence-corrected chi connectivity index (χ0v) is 11.8. The lowest BCUT2D eigenvalue weighted by atomic mass is 10.3. The maximum absolute atomic E-state index is 12.5. The van der Waals surface area contributed by atoms with E-state index >= 15 is 0 Å². The first-order chi connectivity index (χ1) is 9.15. The van der Waals surface area contributed by atoms with Gasteiger partial charge in [-0.15, -0.1) is 0 Å². The molecule has 1 rings (SSSR count). The molecule has 0 spiro atoms. The second-order valence-electron chi connectivity index (χ2n) is 4.04. The number of nitrogen functional groups attached to an aromatic ring is 1. The van der Waals surface area contributed by atoms with Gasteiger partial charge in [-0.2, -0.15) is 5.10 Å². The van der Waals surface area contributed by atoms with Crippen molar-refractivity contribution >= 4 is 11.6 Å². The van der Waals surface area contributed by atoms with Crippen LogP contribution < -0.4 is 5.73 Å². The summed E-state index contributed by atoms with van der Waals surface area (Å²) >= 11 is 0. The number of nitrogens with two attached hydrogens (primary N) is 1. The number of hydrogen-bond donors (Lipinski definition) is 1. The Morgan fingerprint density at radius 2 is 1.95 bits per heavy atom. The molecule has 19 heavy (non-hydrogen) atoms. The van der Waals surface area contributed by atoms with E-state index in [1.54, 1.807) is 23.8 Å². The van der Waals surface area contributed by atoms with Crippen LogP contribution in [0, 0.1) is 0 Å². The van der Waals surface area contributed by atoms with Crippen molar-refractivity contribution < 1.29 is 14.3 Å². The largest absolute Gasteiger partial charge is 0.396 e. The highest BCUT2D eigenvalue weighted by atomic mass is 16.5. The molecule has 0 saturated carbocycles. The van der Waals surface area contributed by atoms with Gasteiger partial charge < -0.3 is 20.1 Å². The number of ether oxygens (including phenoxy) is 2. The summed E-state index contributed by atoms with van der Waals surface area (Å²) in [5, 5.41) is 4.08. The third-order valence-corrected chi connectivity index (χ3v) is 2.79. The summed E-state index contributed by atoms with van der Waals surface area (Å²) in [5.41, 5.74) is 6.64. The van der Waals surface area contributed by atoms with Gasteiger partial charge in [0.25, 0.3) is 5.91 Å². The molecule has 0 radical (unpaired) electrons. The Kier molecular flexibility index (Phi) is 6.31. The molecule has 1 amide bonds. The monoisotopic (exact) mass is 270 g/mol. The third-order valence-electron chi connectivity index (χ3n) is 2.79. The molecule has 0 aliphatic carbocycles. The number of carbonyl (C=O) groups excluding carboxylic acids is 1. The Morgan fingerprint density at radius 3 is 2.42 bits per heavy atom. The summed E-state index contributed by atoms with van der Waals surface area (Å²) in [4.78, 5) is 14.2. The fraction of sp³-hybridized carbons (Fsp3) is 0.667. The van der Waals surface area contributed by atoms with Gasteiger partial charge in [-0.1, -0.05) is 0 Å². The summed E-state index contributed by atoms with van der Waals surface area (Å²) in [6.07, 6.45) is 1.50. The maximum Gasteiger partial charge on any atom is 0.274 e. The van der Waals surface area contributed by atoms with Gasteiger partial charge in [0.05, 0.1) is 25.1 Å². The number of aryl methyl sites for hydroxylation is 1. The molecule has 0 aliphatic rings. The Morgan fingerprint density at radius 1 is 1.37 bits per heavy atom. The first-order valence-electron chi connectivity index (χ1n) is 6.24. The number of methoxy groups -OCH3 is 2. The van der Waals surface area contributed by atoms with E-state index in [0.717, 1.165) is 0 Å². The lowest BCUT2D eigenvalue weighted by Gasteiger charge is -2.22. The average Bonchev–Trinajstić information content (AvgIpc) is 2.79. The molecular formula is C12H22N4O3. The Labute approximate surface area is 113 Å². The van der Waals surface area contributed by atoms with Crippen molar-refractivity contribution in [3.8, 4) is 0 Å². The number of nitrogens with zero attached hydrogens (tertiary/aromatic N) is 3. The highest BCUT2D eigenvalue weighted by Crippen LogP contribution is 2.13. The molecule has 0 unspecified atom stereocenters. The fourth-order valence-electron chi connectivity index (χ4n) is 1.74. The maximum atomic E-state index is 12.5. The quantitative estimate of drug-likeness (QED) is 0.730. The van der Waals surface area contributed by atoms with Crippen LogP contribution >= 0.6 is 0 Å². The van der Waals surface area contributed by atoms with E-state index in [-0.39, 0.29) is 5.91 Å². The van der Waals surface area contributed by atoms with Crippen molar-refractivity contribution in [2.24, 2.45) is 0 Å². The number of carbonyl (C=O) groups is 1. The predicted octanol–water partition coefficient (Wildman–Crippen LogP) is 0.220. The number of anilines is 1. The second kappa shape index (κ2) is 7.75. The summed E-state index contributed by atoms with van der Waals surface area (Å²) in [6, 6.07) is 0. The van der Waals surface area contributed by atoms with Crippen LogP contribution in [-0.4, -0.2) is 61.1 Å². The molecule has 7 heteroatoms. The van der Waals surface area contributed by atoms with Gasteiger partial charge in [0, 0.05) is 33.9 Å². The van der Waals surface area contributed by atoms with Crippen LogP contribution in [0.15, 0.2) is 6.20 Å². The molecule has 0 aromatic carbocycles. The lowest BCUT2D eigenvalue weighted by Crippen LogP contribution is -2.38. The smallest absolute Gasteiger partial charge is 0.274 e. The molecule has 2 N–H and O–H groups in total. The zero-order valence-electron chi connectivity index (χ0n) is 11.8. The number of hydrogen-bond acceptors (Lipinski definition) is 5. The van der Waals surface area contributed by atoms with Crippen molar-refractivity contribution in [3.63, 3.8) is 0 Å². The van der Waals surface area contributed by atoms with Crippen LogP contribution in [0.25, 0.3) is 0 Å². The molecule has 0 bridgehead atoms. The summed E-state index contributed by atoms with van der Waals surface area (Å²) in [7, 11) is 3.20. The Balaban J connectivity index is 2.87. The molecule has 0 aliphatic heterocycles. The molecule has 1 aromatic heterocycles. The Hall–Kier alpha value is -1.60. The third kappa shape index (κ3) is 3.93. The van der Waals surface area contributed by atoms with Crippen LogP contribution in [0.2, 0.25) is 0 Å². The van der Waals surface area contributed by atoms with Crippen molar-refractivity contribution in [2.45, 2.75) is 13.5 Å². The van der Waals surface area contributed by atoms with E-state index < -0.39 is 0 Å². The van der Waals surface area contributed by atoms with Crippen molar-refractivity contribution in [1.82, 2.24) is 14.7 Å². The minimum atomic E-state index is -0.147. The van der Waals surface area contributed by atoms with Crippen molar-refractivity contribution in [3.05, 3.63) is 11.9 Å². The molecule has 0 fully saturated rings. The highest BCUT2D eigenvalue weighted by Gasteiger charge is 2.22. The van der Waals surface area contributed by atoms with Crippen LogP contribution in [0.4, 0.5) is 5.69 Å². The number of amides is 1. The van der Waals surface area contributed by atoms with Gasteiger partial charge in [-0.3, -0.25) is 9.48 Å². The fourth-order valence-corrected chi connectivity index (χ4v) is 1.74. The predicted molar refractivity (Wildman–Crippen MR) is 72.0 cm³/mol. The van der Waals surface area contributed by atoms with Gasteiger partial charge in [0.15, 0.2) is 0 Å². The molecular weight excluding hydrogens is 248 g/mol. The first-order valence-corrected chi connectivity index (χ1v) is 6.24. The average molecular weight is 270 g/mol. The van der Waals surface area contributed by atoms with Gasteiger partial charge in [0.2, 0.25) is 0 Å². The summed E-state index contributed by atoms with van der Waals surface area (Å²) in [5.74, 6) is -0.147. The first kappa shape index (κ1) is 15.5. The van der Waals surface area contributed by atoms with E-state index in [2.05, 4.69) is 5.10 Å². The molecule has 1 aromatic rings. The number of aromatic nitrogens is 2. The van der Waals surface area contributed by atoms with Crippen molar-refractivity contribution in [2.75, 3.05) is 46.3 Å². The van der Waals surface area contributed by atoms with E-state index in [1.165, 1.54) is 6.20 Å². The topological polar surface area (TPSA) is 82.6 Å². The molecule has 7 nitrogen and oxygen atoms in total. The zero-order chi connectivity index (χ0) is 14.3. The second-order valence-corrected chi connectivity index (χ2v) is 4.04. The molecule has 1 heterocycles. The van der Waals surface area contributed by atoms with Crippen LogP contribution in [0.5, 0.6) is 0 Å². The van der Waals surface area contributed by atoms with Gasteiger partial charge in [-0.05, 0) is 6.92 Å². The highest BCUT2D eigenvalue weighted by molar-refractivity contribution is 5.97. The van der Waals surface area contributed by atoms with Crippen LogP contribution in [-0.2, 0) is 16.0 Å². The normalized spacial score (nSPS) is 10.7. The van der Waals surface area contributed by atoms with E-state index in [0.29, 0.717) is 44.2 Å². The SMILES string of the molecule is CCn1ncc(N)c1C(=O)N(CCOC)CCOC. The number of rotatable bonds is 8. The van der Waals surface area contributed by atoms with Crippen molar-refractivity contribution in [1.29, 1.82) is 0 Å². The van der Waals surface area contributed by atoms with Gasteiger partial charge >= 0.3 is 0 Å². The standard InChI is InChI=1S/C12H22N4O3/c1-4-16-11(10(13)9-14-16)12(17)15(5-7-18-2)6-8-19-3/h9H,4-8,13H2,1-3H3. The van der Waals surface area contributed by atoms with E-state index in [1.807, 2.05) is 6.92 Å². The minimum absolute atomic E-state index is 0.147. The molecule has 0 atom stereocenters. The lowest BCUT2D eigenvalue weighted by molar-refractivity contribution is 0.0617. The van der Waals surface area contributed by atoms with Gasteiger partial charge in [-0.25, -0.2) is 0 Å². The molecule has 108 valence electrons. The van der Waals surface area contributed by atoms with Crippen LogP contribution in [0.3, 0.4) is 0 Å². The Bertz CT molecular complexity index is 398. The van der Waals surface area contributed by atoms with Gasteiger partial charge in [0.1, 0.15) is 5.69 Å². The summed E-state index contributed by atoms with van der Waals surface area (Å²) in [6.45, 7) is 4.43. The van der Waals surface area contributed by atoms with Crippen LogP contribution in [0.1, 0.15) is 17.4 Å². The summed E-state index contributed by atoms with van der Waals surface area (Å²) < 4.78 is 11.6. The molecule has 0 saturated heterocycles. The minimum Gasteiger partial charge on any atom is -0.396 e. The van der Waals surface area contributed by atoms with E-state index in [9.17, 15) is 4.79 Å².